The molecule has 1 atom stereocenters. The smallest absolute Gasteiger partial charge is 0.138 e. The van der Waals surface area contributed by atoms with E-state index in [2.05, 4.69) is 4.98 Å². The van der Waals surface area contributed by atoms with E-state index >= 15 is 0 Å². The Morgan fingerprint density at radius 2 is 2.26 bits per heavy atom. The zero-order valence-electron chi connectivity index (χ0n) is 11.5. The predicted octanol–water partition coefficient (Wildman–Crippen LogP) is 2.10. The summed E-state index contributed by atoms with van der Waals surface area (Å²) in [5, 5.41) is 9.83. The van der Waals surface area contributed by atoms with Gasteiger partial charge in [-0.3, -0.25) is 0 Å². The van der Waals surface area contributed by atoms with Crippen LogP contribution in [0.5, 0.6) is 0 Å². The Kier molecular flexibility index (Phi) is 4.39. The number of hydrogen-bond acceptors (Lipinski definition) is 4. The van der Waals surface area contributed by atoms with Crippen LogP contribution < -0.4 is 5.73 Å². The zero-order valence-corrected chi connectivity index (χ0v) is 11.5. The highest BCUT2D eigenvalue weighted by Gasteiger charge is 2.14. The summed E-state index contributed by atoms with van der Waals surface area (Å²) in [7, 11) is 0. The molecule has 0 bridgehead atoms. The molecule has 2 aromatic rings. The fourth-order valence-corrected chi connectivity index (χ4v) is 2.19. The Balaban J connectivity index is 2.30. The Labute approximate surface area is 113 Å². The molecule has 19 heavy (non-hydrogen) atoms. The van der Waals surface area contributed by atoms with Crippen molar-refractivity contribution in [1.82, 2.24) is 9.55 Å². The van der Waals surface area contributed by atoms with Crippen molar-refractivity contribution in [2.24, 2.45) is 0 Å². The van der Waals surface area contributed by atoms with Crippen LogP contribution in [0, 0.1) is 0 Å². The minimum absolute atomic E-state index is 0.597. The molecule has 1 aromatic heterocycles. The van der Waals surface area contributed by atoms with Gasteiger partial charge in [-0.2, -0.15) is 0 Å². The number of nitrogens with zero attached hydrogens (tertiary/aromatic N) is 2. The molecule has 0 saturated heterocycles. The second kappa shape index (κ2) is 6.04. The molecular weight excluding hydrogens is 242 g/mol. The summed E-state index contributed by atoms with van der Waals surface area (Å²) in [4.78, 5) is 4.46. The summed E-state index contributed by atoms with van der Waals surface area (Å²) in [5.41, 5.74) is 8.28. The van der Waals surface area contributed by atoms with Gasteiger partial charge in [0.2, 0.25) is 0 Å². The minimum Gasteiger partial charge on any atom is -0.399 e. The molecule has 2 rings (SSSR count). The lowest BCUT2D eigenvalue weighted by Gasteiger charge is -2.10. The summed E-state index contributed by atoms with van der Waals surface area (Å²) in [6.45, 7) is 5.93. The van der Waals surface area contributed by atoms with Crippen molar-refractivity contribution in [3.8, 4) is 0 Å². The molecule has 0 spiro atoms. The molecule has 0 saturated carbocycles. The normalized spacial score (nSPS) is 13.0. The van der Waals surface area contributed by atoms with E-state index in [4.69, 9.17) is 10.5 Å². The highest BCUT2D eigenvalue weighted by molar-refractivity contribution is 5.79. The lowest BCUT2D eigenvalue weighted by atomic mass is 10.3. The number of imidazole rings is 1. The average molecular weight is 263 g/mol. The summed E-state index contributed by atoms with van der Waals surface area (Å²) in [5.74, 6) is 0.678. The Hall–Kier alpha value is -1.59. The van der Waals surface area contributed by atoms with Gasteiger partial charge >= 0.3 is 0 Å². The molecule has 0 fully saturated rings. The van der Waals surface area contributed by atoms with Crippen molar-refractivity contribution in [3.05, 3.63) is 24.0 Å². The number of anilines is 1. The van der Waals surface area contributed by atoms with Crippen LogP contribution in [0.4, 0.5) is 5.69 Å². The Bertz CT molecular complexity index is 549. The molecular formula is C14H21N3O2. The van der Waals surface area contributed by atoms with Gasteiger partial charge in [0.1, 0.15) is 11.9 Å². The average Bonchev–Trinajstić information content (AvgIpc) is 2.72. The van der Waals surface area contributed by atoms with E-state index < -0.39 is 6.10 Å². The molecule has 5 nitrogen and oxygen atoms in total. The number of nitrogen functional groups attached to an aromatic ring is 1. The monoisotopic (exact) mass is 263 g/mol. The van der Waals surface area contributed by atoms with Crippen LogP contribution in [0.1, 0.15) is 32.2 Å². The number of hydrogen-bond donors (Lipinski definition) is 2. The summed E-state index contributed by atoms with van der Waals surface area (Å²) in [6.07, 6.45) is 0.296. The van der Waals surface area contributed by atoms with Gasteiger partial charge in [-0.05, 0) is 38.5 Å². The van der Waals surface area contributed by atoms with Crippen LogP contribution >= 0.6 is 0 Å². The summed E-state index contributed by atoms with van der Waals surface area (Å²) in [6, 6.07) is 5.64. The third-order valence-corrected chi connectivity index (χ3v) is 3.05. The van der Waals surface area contributed by atoms with Gasteiger partial charge in [0, 0.05) is 25.4 Å². The number of nitrogens with two attached hydrogens (primary N) is 1. The Morgan fingerprint density at radius 1 is 1.47 bits per heavy atom. The highest BCUT2D eigenvalue weighted by Crippen LogP contribution is 2.23. The number of aromatic nitrogens is 2. The predicted molar refractivity (Wildman–Crippen MR) is 75.9 cm³/mol. The van der Waals surface area contributed by atoms with E-state index in [1.54, 1.807) is 6.92 Å². The molecule has 0 aliphatic rings. The lowest BCUT2D eigenvalue weighted by molar-refractivity contribution is 0.139. The lowest BCUT2D eigenvalue weighted by Crippen LogP contribution is -2.09. The minimum atomic E-state index is -0.597. The number of benzene rings is 1. The SMILES string of the molecule is CCOCCCn1c(C(C)O)nc2cc(N)ccc21. The number of ether oxygens (including phenoxy) is 1. The number of fused-ring (bicyclic) bond motifs is 1. The second-order valence-electron chi connectivity index (χ2n) is 4.60. The molecule has 1 aromatic carbocycles. The van der Waals surface area contributed by atoms with Gasteiger partial charge in [-0.15, -0.1) is 0 Å². The van der Waals surface area contributed by atoms with Gasteiger partial charge in [0.05, 0.1) is 11.0 Å². The first-order chi connectivity index (χ1) is 9.13. The molecule has 3 N–H and O–H groups in total. The maximum Gasteiger partial charge on any atom is 0.138 e. The van der Waals surface area contributed by atoms with Gasteiger partial charge in [0.15, 0.2) is 0 Å². The highest BCUT2D eigenvalue weighted by atomic mass is 16.5. The van der Waals surface area contributed by atoms with E-state index in [1.807, 2.05) is 29.7 Å². The van der Waals surface area contributed by atoms with E-state index in [9.17, 15) is 5.11 Å². The van der Waals surface area contributed by atoms with Crippen LogP contribution in [-0.2, 0) is 11.3 Å². The standard InChI is InChI=1S/C14H21N3O2/c1-3-19-8-4-7-17-13-6-5-11(15)9-12(13)16-14(17)10(2)18/h5-6,9-10,18H,3-4,7-8,15H2,1-2H3. The quantitative estimate of drug-likeness (QED) is 0.618. The van der Waals surface area contributed by atoms with Crippen LogP contribution in [0.2, 0.25) is 0 Å². The first-order valence-corrected chi connectivity index (χ1v) is 6.65. The fourth-order valence-electron chi connectivity index (χ4n) is 2.19. The maximum atomic E-state index is 9.83. The molecule has 0 radical (unpaired) electrons. The zero-order chi connectivity index (χ0) is 13.8. The molecule has 1 unspecified atom stereocenters. The number of rotatable bonds is 6. The number of aryl methyl sites for hydroxylation is 1. The van der Waals surface area contributed by atoms with E-state index in [-0.39, 0.29) is 0 Å². The van der Waals surface area contributed by atoms with Crippen LogP contribution in [0.15, 0.2) is 18.2 Å². The largest absolute Gasteiger partial charge is 0.399 e. The third-order valence-electron chi connectivity index (χ3n) is 3.05. The first kappa shape index (κ1) is 13.8. The van der Waals surface area contributed by atoms with E-state index in [0.29, 0.717) is 18.1 Å². The van der Waals surface area contributed by atoms with Crippen molar-refractivity contribution < 1.29 is 9.84 Å². The van der Waals surface area contributed by atoms with Gasteiger partial charge in [-0.1, -0.05) is 0 Å². The van der Waals surface area contributed by atoms with Crippen LogP contribution in [-0.4, -0.2) is 27.9 Å². The summed E-state index contributed by atoms with van der Waals surface area (Å²) >= 11 is 0. The molecule has 104 valence electrons. The van der Waals surface area contributed by atoms with Crippen molar-refractivity contribution >= 4 is 16.7 Å². The van der Waals surface area contributed by atoms with Crippen molar-refractivity contribution in [3.63, 3.8) is 0 Å². The topological polar surface area (TPSA) is 73.3 Å². The van der Waals surface area contributed by atoms with Crippen molar-refractivity contribution in [2.75, 3.05) is 18.9 Å². The second-order valence-corrected chi connectivity index (χ2v) is 4.60. The van der Waals surface area contributed by atoms with Crippen LogP contribution in [0.25, 0.3) is 11.0 Å². The van der Waals surface area contributed by atoms with Crippen molar-refractivity contribution in [1.29, 1.82) is 0 Å². The van der Waals surface area contributed by atoms with Crippen LogP contribution in [0.3, 0.4) is 0 Å². The molecule has 0 amide bonds. The fraction of sp³-hybridized carbons (Fsp3) is 0.500. The van der Waals surface area contributed by atoms with E-state index in [1.165, 1.54) is 0 Å². The van der Waals surface area contributed by atoms with Gasteiger partial charge < -0.3 is 20.1 Å². The summed E-state index contributed by atoms with van der Waals surface area (Å²) < 4.78 is 7.39. The third kappa shape index (κ3) is 3.05. The number of aliphatic hydroxyl groups is 1. The Morgan fingerprint density at radius 3 is 2.95 bits per heavy atom. The van der Waals surface area contributed by atoms with Gasteiger partial charge in [0.25, 0.3) is 0 Å². The van der Waals surface area contributed by atoms with Crippen molar-refractivity contribution in [2.45, 2.75) is 32.9 Å². The molecule has 5 heteroatoms. The molecule has 0 aliphatic carbocycles. The first-order valence-electron chi connectivity index (χ1n) is 6.65. The number of aliphatic hydroxyl groups excluding tert-OH is 1. The van der Waals surface area contributed by atoms with E-state index in [0.717, 1.165) is 30.6 Å². The maximum absolute atomic E-state index is 9.83. The molecule has 0 aliphatic heterocycles. The molecule has 1 heterocycles. The van der Waals surface area contributed by atoms with Gasteiger partial charge in [-0.25, -0.2) is 4.98 Å².